The molecule has 0 fully saturated rings. The molecule has 5 unspecified atom stereocenters. The number of carbonyl (C=O) groups is 4. The molecule has 0 aliphatic rings. The summed E-state index contributed by atoms with van der Waals surface area (Å²) < 4.78 is 68.4. The highest BCUT2D eigenvalue weighted by atomic mass is 31.2. The molecule has 0 radical (unpaired) electrons. The standard InChI is InChI=1S/C81H136O17P2/c1-5-9-13-17-21-25-29-32-35-37-40-43-47-50-54-58-62-66-79(84)92-72-77(98-81(86)68-64-60-56-52-48-44-41-38-36-33-30-26-22-18-14-10-6-2)74-96-100(89,90)94-70-75(82)69-93-99(87,88)95-73-76(97-80(85)67-63-59-55-51-45-28-24-20-16-12-8-4)71-91-78(83)65-61-57-53-49-46-42-39-34-31-27-23-19-15-11-7-3/h9-10,13-14,21-23,25-27,32-36,39-41,43-44,50,54,75-77,82H,5-8,11-12,15-20,24,28-31,37-38,42,45-49,51-53,55-74H2,1-4H3,(H,87,88)(H,89,90)/b13-9-,14-10-,25-21-,26-22-,27-23-,35-32-,36-33-,39-34-,43-40-,44-41-,54-50-. The highest BCUT2D eigenvalue weighted by molar-refractivity contribution is 7.47. The van der Waals surface area contributed by atoms with E-state index in [-0.39, 0.29) is 25.7 Å². The van der Waals surface area contributed by atoms with Crippen LogP contribution in [-0.4, -0.2) is 96.7 Å². The van der Waals surface area contributed by atoms with Crippen molar-refractivity contribution >= 4 is 39.5 Å². The average Bonchev–Trinajstić information content (AvgIpc) is 1.00. The molecule has 0 spiro atoms. The van der Waals surface area contributed by atoms with Gasteiger partial charge in [-0.25, -0.2) is 9.13 Å². The first-order chi connectivity index (χ1) is 48.7. The first-order valence-electron chi connectivity index (χ1n) is 38.4. The van der Waals surface area contributed by atoms with Crippen molar-refractivity contribution in [3.05, 3.63) is 134 Å². The fourth-order valence-corrected chi connectivity index (χ4v) is 11.4. The number of aliphatic hydroxyl groups excluding tert-OH is 1. The lowest BCUT2D eigenvalue weighted by Crippen LogP contribution is -2.30. The van der Waals surface area contributed by atoms with Gasteiger partial charge in [-0.2, -0.15) is 0 Å². The predicted octanol–water partition coefficient (Wildman–Crippen LogP) is 22.1. The summed E-state index contributed by atoms with van der Waals surface area (Å²) >= 11 is 0. The Balaban J connectivity index is 5.42. The average molecular weight is 1440 g/mol. The largest absolute Gasteiger partial charge is 0.472 e. The third-order valence-electron chi connectivity index (χ3n) is 15.6. The third-order valence-corrected chi connectivity index (χ3v) is 17.5. The van der Waals surface area contributed by atoms with Crippen molar-refractivity contribution in [1.82, 2.24) is 0 Å². The summed E-state index contributed by atoms with van der Waals surface area (Å²) in [6.07, 6.45) is 80.2. The number of phosphoric acid groups is 2. The van der Waals surface area contributed by atoms with Gasteiger partial charge in [-0.1, -0.05) is 271 Å². The molecule has 0 saturated heterocycles. The van der Waals surface area contributed by atoms with Crippen molar-refractivity contribution in [3.63, 3.8) is 0 Å². The fraction of sp³-hybridized carbons (Fsp3) is 0.679. The van der Waals surface area contributed by atoms with Gasteiger partial charge < -0.3 is 33.8 Å². The summed E-state index contributed by atoms with van der Waals surface area (Å²) in [5, 5.41) is 10.6. The molecule has 0 aromatic heterocycles. The summed E-state index contributed by atoms with van der Waals surface area (Å²) in [5.74, 6) is -2.28. The van der Waals surface area contributed by atoms with Gasteiger partial charge in [0.25, 0.3) is 0 Å². The van der Waals surface area contributed by atoms with Crippen LogP contribution in [0.5, 0.6) is 0 Å². The summed E-state index contributed by atoms with van der Waals surface area (Å²) in [6.45, 7) is 4.50. The SMILES string of the molecule is CC/C=C\C/C=C\C/C=C\C/C=C\C/C=C\CCCC(=O)OCC(COP(=O)(O)OCC(O)COP(=O)(O)OCC(COC(=O)CCCCCCC/C=C\C/C=C\CCCCC)OC(=O)CCCCCCCCCCCCC)OC(=O)CCCCCC/C=C\C/C=C\C/C=C\C/C=C\CC. The zero-order valence-electron chi connectivity index (χ0n) is 62.3. The van der Waals surface area contributed by atoms with Gasteiger partial charge in [-0.3, -0.25) is 37.3 Å². The van der Waals surface area contributed by atoms with Gasteiger partial charge in [0.1, 0.15) is 19.3 Å². The second-order valence-corrected chi connectivity index (χ2v) is 28.1. The fourth-order valence-electron chi connectivity index (χ4n) is 9.81. The van der Waals surface area contributed by atoms with Crippen LogP contribution in [-0.2, 0) is 65.4 Å². The van der Waals surface area contributed by atoms with E-state index in [2.05, 4.69) is 149 Å². The second-order valence-electron chi connectivity index (χ2n) is 25.2. The zero-order chi connectivity index (χ0) is 73.2. The second kappa shape index (κ2) is 72.5. The lowest BCUT2D eigenvalue weighted by molar-refractivity contribution is -0.161. The van der Waals surface area contributed by atoms with E-state index in [0.717, 1.165) is 154 Å². The summed E-state index contributed by atoms with van der Waals surface area (Å²) in [4.78, 5) is 72.8. The lowest BCUT2D eigenvalue weighted by Gasteiger charge is -2.21. The van der Waals surface area contributed by atoms with Gasteiger partial charge in [-0.05, 0) is 135 Å². The van der Waals surface area contributed by atoms with E-state index in [1.165, 1.54) is 57.8 Å². The first-order valence-corrected chi connectivity index (χ1v) is 41.4. The van der Waals surface area contributed by atoms with Gasteiger partial charge >= 0.3 is 39.5 Å². The minimum atomic E-state index is -5.00. The Labute approximate surface area is 605 Å². The minimum Gasteiger partial charge on any atom is -0.462 e. The highest BCUT2D eigenvalue weighted by Crippen LogP contribution is 2.45. The van der Waals surface area contributed by atoms with E-state index in [4.69, 9.17) is 37.0 Å². The van der Waals surface area contributed by atoms with Crippen LogP contribution in [0.1, 0.15) is 297 Å². The molecule has 0 aliphatic heterocycles. The molecule has 3 N–H and O–H groups in total. The number of esters is 4. The molecule has 0 aromatic carbocycles. The first kappa shape index (κ1) is 95.2. The molecule has 0 amide bonds. The van der Waals surface area contributed by atoms with Crippen LogP contribution in [0, 0.1) is 0 Å². The topological polar surface area (TPSA) is 237 Å². The number of hydrogen-bond donors (Lipinski definition) is 3. The van der Waals surface area contributed by atoms with E-state index in [1.807, 2.05) is 12.2 Å². The Bertz CT molecular complexity index is 2420. The Morgan fingerprint density at radius 3 is 0.860 bits per heavy atom. The van der Waals surface area contributed by atoms with Crippen molar-refractivity contribution in [3.8, 4) is 0 Å². The Kier molecular flexibility index (Phi) is 69.1. The van der Waals surface area contributed by atoms with Crippen LogP contribution in [0.15, 0.2) is 134 Å². The molecule has 572 valence electrons. The number of ether oxygens (including phenoxy) is 4. The van der Waals surface area contributed by atoms with Crippen LogP contribution < -0.4 is 0 Å². The molecular weight excluding hydrogens is 1310 g/mol. The van der Waals surface area contributed by atoms with Crippen molar-refractivity contribution in [2.24, 2.45) is 0 Å². The summed E-state index contributed by atoms with van der Waals surface area (Å²) in [7, 11) is -9.98. The van der Waals surface area contributed by atoms with Crippen molar-refractivity contribution < 1.29 is 80.2 Å². The summed E-state index contributed by atoms with van der Waals surface area (Å²) in [5.41, 5.74) is 0. The van der Waals surface area contributed by atoms with Crippen LogP contribution >= 0.6 is 15.6 Å². The number of unbranched alkanes of at least 4 members (excludes halogenated alkanes) is 23. The molecule has 100 heavy (non-hydrogen) atoms. The number of allylic oxidation sites excluding steroid dienone is 22. The number of phosphoric ester groups is 2. The van der Waals surface area contributed by atoms with Crippen molar-refractivity contribution in [1.29, 1.82) is 0 Å². The summed E-state index contributed by atoms with van der Waals surface area (Å²) in [6, 6.07) is 0. The van der Waals surface area contributed by atoms with E-state index in [1.54, 1.807) is 0 Å². The Morgan fingerprint density at radius 1 is 0.290 bits per heavy atom. The number of carbonyl (C=O) groups excluding carboxylic acids is 4. The van der Waals surface area contributed by atoms with E-state index in [0.29, 0.717) is 32.1 Å². The molecule has 17 nitrogen and oxygen atoms in total. The lowest BCUT2D eigenvalue weighted by atomic mass is 10.1. The number of rotatable bonds is 71. The maximum Gasteiger partial charge on any atom is 0.472 e. The van der Waals surface area contributed by atoms with Crippen LogP contribution in [0.3, 0.4) is 0 Å². The maximum atomic E-state index is 13.1. The number of aliphatic hydroxyl groups is 1. The molecule has 0 heterocycles. The van der Waals surface area contributed by atoms with Gasteiger partial charge in [0.05, 0.1) is 26.4 Å². The smallest absolute Gasteiger partial charge is 0.462 e. The quantitative estimate of drug-likeness (QED) is 0.0169. The van der Waals surface area contributed by atoms with E-state index >= 15 is 0 Å². The highest BCUT2D eigenvalue weighted by Gasteiger charge is 2.30. The van der Waals surface area contributed by atoms with Gasteiger partial charge in [-0.15, -0.1) is 0 Å². The molecule has 0 saturated carbocycles. The van der Waals surface area contributed by atoms with Gasteiger partial charge in [0.15, 0.2) is 12.2 Å². The zero-order valence-corrected chi connectivity index (χ0v) is 64.1. The van der Waals surface area contributed by atoms with Crippen LogP contribution in [0.2, 0.25) is 0 Å². The predicted molar refractivity (Wildman–Crippen MR) is 408 cm³/mol. The Morgan fingerprint density at radius 2 is 0.530 bits per heavy atom. The molecule has 19 heteroatoms. The monoisotopic (exact) mass is 1440 g/mol. The minimum absolute atomic E-state index is 0.0511. The maximum absolute atomic E-state index is 13.1. The van der Waals surface area contributed by atoms with Crippen molar-refractivity contribution in [2.45, 2.75) is 316 Å². The molecule has 5 atom stereocenters. The van der Waals surface area contributed by atoms with Crippen LogP contribution in [0.25, 0.3) is 0 Å². The Hall–Kier alpha value is -4.80. The molecule has 0 bridgehead atoms. The van der Waals surface area contributed by atoms with Gasteiger partial charge in [0.2, 0.25) is 0 Å². The molecule has 0 aromatic rings. The molecular formula is C81H136O17P2. The third kappa shape index (κ3) is 71.6. The number of hydrogen-bond acceptors (Lipinski definition) is 15. The normalized spacial score (nSPS) is 14.7. The molecule has 0 aliphatic carbocycles. The van der Waals surface area contributed by atoms with Gasteiger partial charge in [0, 0.05) is 25.7 Å². The van der Waals surface area contributed by atoms with E-state index in [9.17, 15) is 43.2 Å². The molecule has 0 rings (SSSR count). The van der Waals surface area contributed by atoms with E-state index < -0.39 is 97.5 Å². The van der Waals surface area contributed by atoms with Crippen molar-refractivity contribution in [2.75, 3.05) is 39.6 Å². The van der Waals surface area contributed by atoms with Crippen LogP contribution in [0.4, 0.5) is 0 Å².